The number of halogens is 2. The predicted molar refractivity (Wildman–Crippen MR) is 132 cm³/mol. The first kappa shape index (κ1) is 29.8. The van der Waals surface area contributed by atoms with Crippen molar-refractivity contribution in [2.24, 2.45) is 0 Å². The van der Waals surface area contributed by atoms with Crippen LogP contribution in [0.2, 0.25) is 10.0 Å². The fourth-order valence-corrected chi connectivity index (χ4v) is 5.00. The zero-order chi connectivity index (χ0) is 26.4. The third kappa shape index (κ3) is 5.60. The van der Waals surface area contributed by atoms with E-state index in [-0.39, 0.29) is 68.0 Å². The molecule has 9 nitrogen and oxygen atoms in total. The van der Waals surface area contributed by atoms with E-state index in [0.717, 1.165) is 24.3 Å². The molecule has 1 radical (unpaired) electrons. The molecule has 0 spiro atoms. The first-order chi connectivity index (χ1) is 16.1. The van der Waals surface area contributed by atoms with Gasteiger partial charge in [-0.25, -0.2) is 9.59 Å². The van der Waals surface area contributed by atoms with Crippen molar-refractivity contribution >= 4 is 86.2 Å². The topological polar surface area (TPSA) is 166 Å². The van der Waals surface area contributed by atoms with Crippen molar-refractivity contribution in [3.8, 4) is 5.75 Å². The molecule has 183 valence electrons. The molecule has 0 unspecified atom stereocenters. The molecule has 4 N–H and O–H groups in total. The molecule has 0 bridgehead atoms. The first-order valence-corrected chi connectivity index (χ1v) is 11.8. The molecule has 0 aliphatic heterocycles. The minimum Gasteiger partial charge on any atom is -0.507 e. The van der Waals surface area contributed by atoms with Crippen LogP contribution in [-0.2, 0) is 19.7 Å². The molecular formula is C23H16Cl2NaO9S. The molecule has 0 atom stereocenters. The monoisotopic (exact) mass is 561 g/mol. The van der Waals surface area contributed by atoms with Gasteiger partial charge in [0.05, 0.1) is 10.0 Å². The van der Waals surface area contributed by atoms with Gasteiger partial charge in [0.25, 0.3) is 10.1 Å². The van der Waals surface area contributed by atoms with Gasteiger partial charge in [0, 0.05) is 35.1 Å². The van der Waals surface area contributed by atoms with E-state index in [2.05, 4.69) is 0 Å². The summed E-state index contributed by atoms with van der Waals surface area (Å²) in [4.78, 5) is 35.1. The number of phenols is 1. The standard InChI is InChI=1S/C23H16Cl2O9S.Na/c1-9-5-11(7-13(20(9)26)22(28)29)17(12-6-10(2)21(27)14(8-12)23(30)31)18-15(24)3-4-16(19(18)25)35(32,33)34;/h3-8,26H,1-2H3,(H,28,29)(H,30,31)(H,32,33,34);/b17-12-;. The molecule has 1 aliphatic carbocycles. The summed E-state index contributed by atoms with van der Waals surface area (Å²) < 4.78 is 33.4. The predicted octanol–water partition coefficient (Wildman–Crippen LogP) is 3.91. The molecule has 0 aromatic heterocycles. The molecule has 0 saturated heterocycles. The fourth-order valence-electron chi connectivity index (χ4n) is 3.58. The third-order valence-corrected chi connectivity index (χ3v) is 6.91. The number of aliphatic carboxylic acids is 1. The summed E-state index contributed by atoms with van der Waals surface area (Å²) in [7, 11) is -4.83. The second-order valence-corrected chi connectivity index (χ2v) is 9.73. The Bertz CT molecular complexity index is 1540. The summed E-state index contributed by atoms with van der Waals surface area (Å²) >= 11 is 12.7. The van der Waals surface area contributed by atoms with Crippen molar-refractivity contribution in [3.63, 3.8) is 0 Å². The van der Waals surface area contributed by atoms with Crippen molar-refractivity contribution in [2.45, 2.75) is 18.7 Å². The number of rotatable bonds is 5. The molecule has 0 saturated carbocycles. The van der Waals surface area contributed by atoms with E-state index in [1.807, 2.05) is 0 Å². The van der Waals surface area contributed by atoms with Crippen LogP contribution in [0.3, 0.4) is 0 Å². The third-order valence-electron chi connectivity index (χ3n) is 5.20. The number of hydrogen-bond donors (Lipinski definition) is 4. The van der Waals surface area contributed by atoms with Crippen molar-refractivity contribution in [1.82, 2.24) is 0 Å². The molecule has 1 aliphatic rings. The van der Waals surface area contributed by atoms with Crippen LogP contribution in [0.15, 0.2) is 58.0 Å². The van der Waals surface area contributed by atoms with Gasteiger partial charge in [-0.2, -0.15) is 8.42 Å². The summed E-state index contributed by atoms with van der Waals surface area (Å²) in [5.74, 6) is -4.30. The van der Waals surface area contributed by atoms with Gasteiger partial charge in [-0.15, -0.1) is 0 Å². The van der Waals surface area contributed by atoms with Gasteiger partial charge in [-0.05, 0) is 78.1 Å². The Kier molecular flexibility index (Phi) is 9.01. The molecule has 36 heavy (non-hydrogen) atoms. The largest absolute Gasteiger partial charge is 0.507 e. The Morgan fingerprint density at radius 1 is 0.972 bits per heavy atom. The summed E-state index contributed by atoms with van der Waals surface area (Å²) in [6.45, 7) is 2.77. The molecule has 2 aromatic carbocycles. The number of allylic oxidation sites excluding steroid dienone is 4. The number of benzene rings is 2. The molecule has 0 amide bonds. The molecule has 2 aromatic rings. The number of aryl methyl sites for hydroxylation is 1. The van der Waals surface area contributed by atoms with Crippen LogP contribution in [0, 0.1) is 6.92 Å². The number of aromatic carboxylic acids is 1. The van der Waals surface area contributed by atoms with Crippen LogP contribution >= 0.6 is 23.2 Å². The molecular weight excluding hydrogens is 546 g/mol. The smallest absolute Gasteiger partial charge is 0.339 e. The Morgan fingerprint density at radius 2 is 1.58 bits per heavy atom. The van der Waals surface area contributed by atoms with Crippen LogP contribution in [0.5, 0.6) is 5.75 Å². The number of ketones is 1. The van der Waals surface area contributed by atoms with Crippen LogP contribution in [0.25, 0.3) is 5.57 Å². The Balaban J connectivity index is 0.00000456. The van der Waals surface area contributed by atoms with E-state index < -0.39 is 54.6 Å². The second-order valence-electron chi connectivity index (χ2n) is 7.55. The van der Waals surface area contributed by atoms with E-state index in [9.17, 15) is 42.7 Å². The minimum atomic E-state index is -4.83. The molecule has 13 heteroatoms. The van der Waals surface area contributed by atoms with Crippen LogP contribution in [0.4, 0.5) is 0 Å². The van der Waals surface area contributed by atoms with Crippen LogP contribution in [-0.4, -0.2) is 75.6 Å². The maximum Gasteiger partial charge on any atom is 0.339 e. The first-order valence-electron chi connectivity index (χ1n) is 9.60. The van der Waals surface area contributed by atoms with Gasteiger partial charge in [0.2, 0.25) is 0 Å². The Hall–Kier alpha value is -2.44. The summed E-state index contributed by atoms with van der Waals surface area (Å²) in [6.07, 6.45) is 2.32. The Labute approximate surface area is 237 Å². The van der Waals surface area contributed by atoms with Gasteiger partial charge < -0.3 is 15.3 Å². The number of hydrogen-bond acceptors (Lipinski definition) is 6. The van der Waals surface area contributed by atoms with Gasteiger partial charge in [-0.1, -0.05) is 23.2 Å². The van der Waals surface area contributed by atoms with Crippen molar-refractivity contribution in [3.05, 3.63) is 85.4 Å². The van der Waals surface area contributed by atoms with Crippen molar-refractivity contribution < 1.29 is 42.7 Å². The number of aromatic hydroxyl groups is 1. The van der Waals surface area contributed by atoms with E-state index in [1.54, 1.807) is 0 Å². The van der Waals surface area contributed by atoms with Crippen molar-refractivity contribution in [2.75, 3.05) is 0 Å². The number of carbonyl (C=O) groups is 3. The van der Waals surface area contributed by atoms with E-state index in [4.69, 9.17) is 23.2 Å². The molecule has 0 heterocycles. The van der Waals surface area contributed by atoms with Gasteiger partial charge in [-0.3, -0.25) is 9.35 Å². The van der Waals surface area contributed by atoms with Crippen LogP contribution < -0.4 is 0 Å². The van der Waals surface area contributed by atoms with E-state index >= 15 is 0 Å². The number of carbonyl (C=O) groups excluding carboxylic acids is 1. The quantitative estimate of drug-likeness (QED) is 0.240. The summed E-state index contributed by atoms with van der Waals surface area (Å²) in [5.41, 5.74) is -1.10. The number of carboxylic acid groups (broad SMARTS) is 2. The Morgan fingerprint density at radius 3 is 2.11 bits per heavy atom. The number of Topliss-reactive ketones (excluding diaryl/α,β-unsaturated/α-hetero) is 1. The van der Waals surface area contributed by atoms with Crippen molar-refractivity contribution in [1.29, 1.82) is 0 Å². The average molecular weight is 562 g/mol. The SMILES string of the molecule is CC1=C/C(=C(\c2cc(C)c(O)c(C(=O)O)c2)c2c(Cl)ccc(S(=O)(=O)O)c2Cl)C=C(C(=O)O)C1=O.[Na]. The maximum absolute atomic E-state index is 12.4. The fraction of sp³-hybridized carbons (Fsp3) is 0.0870. The molecule has 0 fully saturated rings. The summed E-state index contributed by atoms with van der Waals surface area (Å²) in [6, 6.07) is 4.50. The van der Waals surface area contributed by atoms with Crippen LogP contribution in [0.1, 0.15) is 34.0 Å². The zero-order valence-electron chi connectivity index (χ0n) is 19.0. The van der Waals surface area contributed by atoms with Gasteiger partial charge in [0.1, 0.15) is 21.8 Å². The minimum absolute atomic E-state index is 0. The maximum atomic E-state index is 12.4. The van der Waals surface area contributed by atoms with E-state index in [1.165, 1.54) is 26.0 Å². The van der Waals surface area contributed by atoms with E-state index in [0.29, 0.717) is 0 Å². The second kappa shape index (κ2) is 10.9. The molecule has 3 rings (SSSR count). The van der Waals surface area contributed by atoms with Gasteiger partial charge >= 0.3 is 11.9 Å². The summed E-state index contributed by atoms with van der Waals surface area (Å²) in [5, 5.41) is 28.6. The normalized spacial score (nSPS) is 15.0. The number of carboxylic acids is 2. The zero-order valence-corrected chi connectivity index (χ0v) is 23.3. The van der Waals surface area contributed by atoms with Gasteiger partial charge in [0.15, 0.2) is 5.78 Å². The average Bonchev–Trinajstić information content (AvgIpc) is 2.73.